The topological polar surface area (TPSA) is 91.1 Å². The summed E-state index contributed by atoms with van der Waals surface area (Å²) in [5.41, 5.74) is 0. The highest BCUT2D eigenvalue weighted by molar-refractivity contribution is 7.88. The number of hydrogen-bond acceptors (Lipinski definition) is 5. The molecule has 9 heteroatoms. The third kappa shape index (κ3) is 5.05. The summed E-state index contributed by atoms with van der Waals surface area (Å²) >= 11 is 0. The number of sulfonamides is 1. The molecular formula is C16H25N3O5S. The second kappa shape index (κ2) is 8.01. The lowest BCUT2D eigenvalue weighted by Crippen LogP contribution is -2.51. The predicted molar refractivity (Wildman–Crippen MR) is 92.5 cm³/mol. The molecule has 0 radical (unpaired) electrons. The molecule has 0 unspecified atom stereocenters. The zero-order valence-corrected chi connectivity index (χ0v) is 15.7. The highest BCUT2D eigenvalue weighted by atomic mass is 32.2. The van der Waals surface area contributed by atoms with Gasteiger partial charge < -0.3 is 14.2 Å². The van der Waals surface area contributed by atoms with Gasteiger partial charge in [-0.2, -0.15) is 4.31 Å². The molecule has 140 valence electrons. The monoisotopic (exact) mass is 371 g/mol. The van der Waals surface area contributed by atoms with Crippen molar-refractivity contribution in [1.82, 2.24) is 14.1 Å². The Kier molecular flexibility index (Phi) is 6.23. The van der Waals surface area contributed by atoms with E-state index < -0.39 is 10.0 Å². The van der Waals surface area contributed by atoms with Gasteiger partial charge in [-0.05, 0) is 26.0 Å². The third-order valence-electron chi connectivity index (χ3n) is 4.20. The van der Waals surface area contributed by atoms with Crippen molar-refractivity contribution >= 4 is 21.8 Å². The number of carbonyl (C=O) groups excluding carboxylic acids is 2. The van der Waals surface area contributed by atoms with Crippen molar-refractivity contribution in [2.24, 2.45) is 0 Å². The molecule has 2 heterocycles. The molecule has 1 fully saturated rings. The Balaban J connectivity index is 1.84. The maximum absolute atomic E-state index is 12.3. The molecule has 1 saturated heterocycles. The third-order valence-corrected chi connectivity index (χ3v) is 5.66. The van der Waals surface area contributed by atoms with E-state index in [9.17, 15) is 18.0 Å². The van der Waals surface area contributed by atoms with Gasteiger partial charge in [0.05, 0.1) is 12.5 Å². The highest BCUT2D eigenvalue weighted by Crippen LogP contribution is 2.11. The minimum absolute atomic E-state index is 0.0978. The van der Waals surface area contributed by atoms with Crippen LogP contribution < -0.4 is 0 Å². The van der Waals surface area contributed by atoms with E-state index in [4.69, 9.17) is 4.42 Å². The first-order valence-electron chi connectivity index (χ1n) is 8.27. The Morgan fingerprint density at radius 1 is 1.20 bits per heavy atom. The van der Waals surface area contributed by atoms with Crippen LogP contribution in [0.25, 0.3) is 0 Å². The molecule has 0 spiro atoms. The Morgan fingerprint density at radius 3 is 2.28 bits per heavy atom. The van der Waals surface area contributed by atoms with E-state index in [0.717, 1.165) is 6.26 Å². The van der Waals surface area contributed by atoms with E-state index in [2.05, 4.69) is 0 Å². The molecule has 0 saturated carbocycles. The molecule has 1 aromatic rings. The fraction of sp³-hybridized carbons (Fsp3) is 0.625. The Hall–Kier alpha value is -1.87. The molecule has 2 amide bonds. The molecule has 0 aromatic carbocycles. The molecule has 0 bridgehead atoms. The van der Waals surface area contributed by atoms with Crippen molar-refractivity contribution in [2.75, 3.05) is 39.0 Å². The maximum atomic E-state index is 12.3. The molecule has 2 rings (SSSR count). The SMILES string of the molecule is CC(C)N(CCC(=O)N1CCN(C(=O)c2ccco2)CC1)S(C)(=O)=O. The minimum Gasteiger partial charge on any atom is -0.459 e. The van der Waals surface area contributed by atoms with Gasteiger partial charge in [-0.1, -0.05) is 0 Å². The number of furan rings is 1. The smallest absolute Gasteiger partial charge is 0.289 e. The van der Waals surface area contributed by atoms with Crippen LogP contribution in [0.1, 0.15) is 30.8 Å². The van der Waals surface area contributed by atoms with Gasteiger partial charge in [-0.15, -0.1) is 0 Å². The average molecular weight is 371 g/mol. The lowest BCUT2D eigenvalue weighted by Gasteiger charge is -2.35. The quantitative estimate of drug-likeness (QED) is 0.731. The van der Waals surface area contributed by atoms with E-state index in [1.165, 1.54) is 10.6 Å². The first kappa shape index (κ1) is 19.5. The van der Waals surface area contributed by atoms with Crippen molar-refractivity contribution < 1.29 is 22.4 Å². The number of hydrogen-bond donors (Lipinski definition) is 0. The van der Waals surface area contributed by atoms with E-state index in [1.807, 2.05) is 0 Å². The Morgan fingerprint density at radius 2 is 1.80 bits per heavy atom. The van der Waals surface area contributed by atoms with Crippen molar-refractivity contribution in [2.45, 2.75) is 26.3 Å². The standard InChI is InChI=1S/C16H25N3O5S/c1-13(2)19(25(3,22)23)7-6-15(20)17-8-10-18(11-9-17)16(21)14-5-4-12-24-14/h4-5,12-13H,6-11H2,1-3H3. The molecule has 25 heavy (non-hydrogen) atoms. The van der Waals surface area contributed by atoms with Crippen LogP contribution in [0.15, 0.2) is 22.8 Å². The Labute approximate surface area is 148 Å². The van der Waals surface area contributed by atoms with Gasteiger partial charge in [0.2, 0.25) is 15.9 Å². The second-order valence-electron chi connectivity index (χ2n) is 6.37. The van der Waals surface area contributed by atoms with Crippen LogP contribution in [0.5, 0.6) is 0 Å². The van der Waals surface area contributed by atoms with Gasteiger partial charge in [0.15, 0.2) is 5.76 Å². The molecule has 0 atom stereocenters. The van der Waals surface area contributed by atoms with Gasteiger partial charge in [-0.25, -0.2) is 8.42 Å². The summed E-state index contributed by atoms with van der Waals surface area (Å²) in [7, 11) is -3.34. The maximum Gasteiger partial charge on any atom is 0.289 e. The fourth-order valence-corrected chi connectivity index (χ4v) is 4.07. The van der Waals surface area contributed by atoms with Crippen molar-refractivity contribution in [3.63, 3.8) is 0 Å². The van der Waals surface area contributed by atoms with Crippen molar-refractivity contribution in [1.29, 1.82) is 0 Å². The molecule has 1 aliphatic heterocycles. The number of piperazine rings is 1. The van der Waals surface area contributed by atoms with Crippen LogP contribution in [0.4, 0.5) is 0 Å². The highest BCUT2D eigenvalue weighted by Gasteiger charge is 2.27. The summed E-state index contributed by atoms with van der Waals surface area (Å²) < 4.78 is 29.9. The van der Waals surface area contributed by atoms with E-state index >= 15 is 0 Å². The molecule has 0 aliphatic carbocycles. The van der Waals surface area contributed by atoms with Crippen LogP contribution >= 0.6 is 0 Å². The summed E-state index contributed by atoms with van der Waals surface area (Å²) in [4.78, 5) is 27.9. The number of carbonyl (C=O) groups is 2. The molecular weight excluding hydrogens is 346 g/mol. The summed E-state index contributed by atoms with van der Waals surface area (Å²) in [5.74, 6) is 0.0139. The van der Waals surface area contributed by atoms with E-state index in [1.54, 1.807) is 35.8 Å². The van der Waals surface area contributed by atoms with Gasteiger partial charge in [0.1, 0.15) is 0 Å². The van der Waals surface area contributed by atoms with Crippen LogP contribution in [-0.4, -0.2) is 79.4 Å². The summed E-state index contributed by atoms with van der Waals surface area (Å²) in [5, 5.41) is 0. The van der Waals surface area contributed by atoms with E-state index in [-0.39, 0.29) is 30.8 Å². The van der Waals surface area contributed by atoms with Gasteiger partial charge in [-0.3, -0.25) is 9.59 Å². The zero-order valence-electron chi connectivity index (χ0n) is 14.8. The second-order valence-corrected chi connectivity index (χ2v) is 8.30. The number of nitrogens with zero attached hydrogens (tertiary/aromatic N) is 3. The lowest BCUT2D eigenvalue weighted by molar-refractivity contribution is -0.132. The zero-order chi connectivity index (χ0) is 18.6. The molecule has 1 aliphatic rings. The average Bonchev–Trinajstić information content (AvgIpc) is 3.07. The van der Waals surface area contributed by atoms with Crippen LogP contribution in [-0.2, 0) is 14.8 Å². The number of amides is 2. The Bertz CT molecular complexity index is 691. The largest absolute Gasteiger partial charge is 0.459 e. The van der Waals surface area contributed by atoms with Crippen molar-refractivity contribution in [3.05, 3.63) is 24.2 Å². The first-order chi connectivity index (χ1) is 11.7. The van der Waals surface area contributed by atoms with Crippen LogP contribution in [0.3, 0.4) is 0 Å². The van der Waals surface area contributed by atoms with Crippen LogP contribution in [0.2, 0.25) is 0 Å². The summed E-state index contributed by atoms with van der Waals surface area (Å²) in [6, 6.07) is 3.09. The number of rotatable bonds is 6. The molecule has 1 aromatic heterocycles. The van der Waals surface area contributed by atoms with Crippen LogP contribution in [0, 0.1) is 0 Å². The first-order valence-corrected chi connectivity index (χ1v) is 10.1. The summed E-state index contributed by atoms with van der Waals surface area (Å²) in [6.45, 7) is 5.48. The minimum atomic E-state index is -3.34. The fourth-order valence-electron chi connectivity index (χ4n) is 2.89. The molecule has 8 nitrogen and oxygen atoms in total. The molecule has 0 N–H and O–H groups in total. The lowest BCUT2D eigenvalue weighted by atomic mass is 10.2. The normalized spacial score (nSPS) is 15.9. The van der Waals surface area contributed by atoms with Gasteiger partial charge >= 0.3 is 0 Å². The predicted octanol–water partition coefficient (Wildman–Crippen LogP) is 0.624. The van der Waals surface area contributed by atoms with E-state index in [0.29, 0.717) is 31.9 Å². The van der Waals surface area contributed by atoms with Gasteiger partial charge in [0.25, 0.3) is 5.91 Å². The van der Waals surface area contributed by atoms with Crippen molar-refractivity contribution in [3.8, 4) is 0 Å². The summed E-state index contributed by atoms with van der Waals surface area (Å²) in [6.07, 6.45) is 2.74. The van der Waals surface area contributed by atoms with Gasteiger partial charge in [0, 0.05) is 45.2 Å².